The first-order valence-corrected chi connectivity index (χ1v) is 10.0. The second-order valence-electron chi connectivity index (χ2n) is 6.63. The lowest BCUT2D eigenvalue weighted by Gasteiger charge is -2.26. The summed E-state index contributed by atoms with van der Waals surface area (Å²) in [5, 5.41) is 2.78. The predicted molar refractivity (Wildman–Crippen MR) is 95.8 cm³/mol. The molecular formula is C19H20N2O3S. The fourth-order valence-corrected chi connectivity index (χ4v) is 4.96. The van der Waals surface area contributed by atoms with Crippen molar-refractivity contribution in [1.82, 2.24) is 4.72 Å². The molecule has 0 bridgehead atoms. The molecule has 1 aliphatic carbocycles. The number of fused-ring (bicyclic) bond motifs is 2. The van der Waals surface area contributed by atoms with Crippen molar-refractivity contribution >= 4 is 21.6 Å². The second-order valence-corrected chi connectivity index (χ2v) is 8.35. The van der Waals surface area contributed by atoms with E-state index in [1.807, 2.05) is 18.2 Å². The first-order valence-electron chi connectivity index (χ1n) is 8.56. The molecule has 1 heterocycles. The molecule has 0 spiro atoms. The zero-order valence-electron chi connectivity index (χ0n) is 13.8. The van der Waals surface area contributed by atoms with E-state index in [4.69, 9.17) is 0 Å². The van der Waals surface area contributed by atoms with E-state index in [-0.39, 0.29) is 16.8 Å². The van der Waals surface area contributed by atoms with Crippen molar-refractivity contribution in [3.63, 3.8) is 0 Å². The SMILES string of the molecule is O=C1CCc2cc(S(=O)(=O)NC3CCCc4ccccc43)ccc2N1. The average molecular weight is 356 g/mol. The van der Waals surface area contributed by atoms with Crippen molar-refractivity contribution in [3.8, 4) is 0 Å². The Balaban J connectivity index is 1.62. The maximum Gasteiger partial charge on any atom is 0.241 e. The molecule has 1 unspecified atom stereocenters. The minimum atomic E-state index is -3.61. The van der Waals surface area contributed by atoms with Gasteiger partial charge in [-0.1, -0.05) is 24.3 Å². The van der Waals surface area contributed by atoms with Crippen LogP contribution in [0.4, 0.5) is 5.69 Å². The lowest BCUT2D eigenvalue weighted by atomic mass is 9.88. The number of sulfonamides is 1. The van der Waals surface area contributed by atoms with Gasteiger partial charge in [0.15, 0.2) is 0 Å². The Bertz CT molecular complexity index is 937. The van der Waals surface area contributed by atoms with Crippen molar-refractivity contribution in [2.24, 2.45) is 0 Å². The molecule has 1 aliphatic heterocycles. The maximum absolute atomic E-state index is 12.9. The largest absolute Gasteiger partial charge is 0.326 e. The number of hydrogen-bond acceptors (Lipinski definition) is 3. The molecule has 4 rings (SSSR count). The highest BCUT2D eigenvalue weighted by molar-refractivity contribution is 7.89. The molecule has 0 fully saturated rings. The van der Waals surface area contributed by atoms with Gasteiger partial charge in [0.25, 0.3) is 0 Å². The van der Waals surface area contributed by atoms with Crippen LogP contribution in [0.3, 0.4) is 0 Å². The molecule has 0 radical (unpaired) electrons. The van der Waals surface area contributed by atoms with E-state index < -0.39 is 10.0 Å². The summed E-state index contributed by atoms with van der Waals surface area (Å²) in [4.78, 5) is 11.7. The van der Waals surface area contributed by atoms with Crippen LogP contribution in [-0.2, 0) is 27.7 Å². The van der Waals surface area contributed by atoms with Gasteiger partial charge in [-0.2, -0.15) is 0 Å². The summed E-state index contributed by atoms with van der Waals surface area (Å²) in [5.41, 5.74) is 3.86. The molecule has 0 saturated heterocycles. The number of aryl methyl sites for hydroxylation is 2. The van der Waals surface area contributed by atoms with E-state index in [0.29, 0.717) is 18.5 Å². The summed E-state index contributed by atoms with van der Waals surface area (Å²) >= 11 is 0. The van der Waals surface area contributed by atoms with E-state index in [1.165, 1.54) is 5.56 Å². The number of carbonyl (C=O) groups excluding carboxylic acids is 1. The van der Waals surface area contributed by atoms with E-state index in [9.17, 15) is 13.2 Å². The van der Waals surface area contributed by atoms with E-state index in [0.717, 1.165) is 30.4 Å². The third kappa shape index (κ3) is 3.19. The standard InChI is InChI=1S/C19H20N2O3S/c22-19-11-8-14-12-15(9-10-17(14)20-19)25(23,24)21-18-7-3-5-13-4-1-2-6-16(13)18/h1-2,4,6,9-10,12,18,21H,3,5,7-8,11H2,(H,20,22). The molecule has 6 heteroatoms. The van der Waals surface area contributed by atoms with Gasteiger partial charge in [0.1, 0.15) is 0 Å². The smallest absolute Gasteiger partial charge is 0.241 e. The van der Waals surface area contributed by atoms with Gasteiger partial charge < -0.3 is 5.32 Å². The summed E-state index contributed by atoms with van der Waals surface area (Å²) in [5.74, 6) is -0.0277. The van der Waals surface area contributed by atoms with Crippen molar-refractivity contribution < 1.29 is 13.2 Å². The van der Waals surface area contributed by atoms with Crippen LogP contribution in [0.1, 0.15) is 42.0 Å². The highest BCUT2D eigenvalue weighted by Gasteiger charge is 2.26. The summed E-state index contributed by atoms with van der Waals surface area (Å²) in [6.07, 6.45) is 3.72. The Hall–Kier alpha value is -2.18. The Morgan fingerprint density at radius 3 is 2.72 bits per heavy atom. The number of amides is 1. The predicted octanol–water partition coefficient (Wildman–Crippen LogP) is 2.93. The lowest BCUT2D eigenvalue weighted by Crippen LogP contribution is -2.31. The number of anilines is 1. The van der Waals surface area contributed by atoms with Crippen LogP contribution < -0.4 is 10.0 Å². The Kier molecular flexibility index (Phi) is 4.09. The van der Waals surface area contributed by atoms with E-state index in [1.54, 1.807) is 18.2 Å². The van der Waals surface area contributed by atoms with Crippen LogP contribution in [0.5, 0.6) is 0 Å². The van der Waals surface area contributed by atoms with E-state index >= 15 is 0 Å². The number of nitrogens with one attached hydrogen (secondary N) is 2. The van der Waals surface area contributed by atoms with Crippen LogP contribution in [0.25, 0.3) is 0 Å². The Morgan fingerprint density at radius 1 is 1.00 bits per heavy atom. The molecule has 2 aliphatic rings. The molecule has 0 saturated carbocycles. The third-order valence-electron chi connectivity index (χ3n) is 4.95. The highest BCUT2D eigenvalue weighted by atomic mass is 32.2. The first kappa shape index (κ1) is 16.3. The lowest BCUT2D eigenvalue weighted by molar-refractivity contribution is -0.116. The zero-order valence-corrected chi connectivity index (χ0v) is 14.6. The molecule has 2 aromatic carbocycles. The normalized spacial score (nSPS) is 19.7. The fourth-order valence-electron chi connectivity index (χ4n) is 3.66. The molecule has 0 aromatic heterocycles. The summed E-state index contributed by atoms with van der Waals surface area (Å²) in [6.45, 7) is 0. The molecule has 2 aromatic rings. The maximum atomic E-state index is 12.9. The quantitative estimate of drug-likeness (QED) is 0.888. The van der Waals surface area contributed by atoms with Gasteiger partial charge >= 0.3 is 0 Å². The minimum Gasteiger partial charge on any atom is -0.326 e. The first-order chi connectivity index (χ1) is 12.0. The van der Waals surface area contributed by atoms with Crippen molar-refractivity contribution in [3.05, 3.63) is 59.2 Å². The van der Waals surface area contributed by atoms with E-state index in [2.05, 4.69) is 16.1 Å². The third-order valence-corrected chi connectivity index (χ3v) is 6.42. The average Bonchev–Trinajstić information content (AvgIpc) is 2.61. The summed E-state index contributed by atoms with van der Waals surface area (Å²) < 4.78 is 28.6. The molecule has 130 valence electrons. The molecule has 25 heavy (non-hydrogen) atoms. The van der Waals surface area contributed by atoms with Gasteiger partial charge in [-0.25, -0.2) is 13.1 Å². The van der Waals surface area contributed by atoms with Crippen molar-refractivity contribution in [2.75, 3.05) is 5.32 Å². The van der Waals surface area contributed by atoms with Crippen molar-refractivity contribution in [2.45, 2.75) is 43.0 Å². The van der Waals surface area contributed by atoms with Gasteiger partial charge in [-0.15, -0.1) is 0 Å². The Morgan fingerprint density at radius 2 is 1.84 bits per heavy atom. The number of benzene rings is 2. The topological polar surface area (TPSA) is 75.3 Å². The molecule has 5 nitrogen and oxygen atoms in total. The summed E-state index contributed by atoms with van der Waals surface area (Å²) in [7, 11) is -3.61. The molecule has 1 amide bonds. The number of rotatable bonds is 3. The monoisotopic (exact) mass is 356 g/mol. The van der Waals surface area contributed by atoms with Crippen LogP contribution in [-0.4, -0.2) is 14.3 Å². The van der Waals surface area contributed by atoms with Crippen LogP contribution in [0.15, 0.2) is 47.4 Å². The van der Waals surface area contributed by atoms with Crippen LogP contribution in [0.2, 0.25) is 0 Å². The molecule has 2 N–H and O–H groups in total. The van der Waals surface area contributed by atoms with Crippen LogP contribution >= 0.6 is 0 Å². The van der Waals surface area contributed by atoms with Gasteiger partial charge in [0.2, 0.25) is 15.9 Å². The number of carbonyl (C=O) groups is 1. The van der Waals surface area contributed by atoms with Gasteiger partial charge in [-0.3, -0.25) is 4.79 Å². The second kappa shape index (κ2) is 6.28. The molecular weight excluding hydrogens is 336 g/mol. The van der Waals surface area contributed by atoms with Crippen molar-refractivity contribution in [1.29, 1.82) is 0 Å². The minimum absolute atomic E-state index is 0.0277. The fraction of sp³-hybridized carbons (Fsp3) is 0.316. The zero-order chi connectivity index (χ0) is 17.4. The van der Waals surface area contributed by atoms with Crippen LogP contribution in [0, 0.1) is 0 Å². The highest BCUT2D eigenvalue weighted by Crippen LogP contribution is 2.31. The van der Waals surface area contributed by atoms with Gasteiger partial charge in [0.05, 0.1) is 4.90 Å². The van der Waals surface area contributed by atoms with Gasteiger partial charge in [0, 0.05) is 18.2 Å². The van der Waals surface area contributed by atoms with Gasteiger partial charge in [-0.05, 0) is 60.6 Å². The Labute approximate surface area is 147 Å². The number of hydrogen-bond donors (Lipinski definition) is 2. The summed E-state index contributed by atoms with van der Waals surface area (Å²) in [6, 6.07) is 12.7. The molecule has 1 atom stereocenters.